The summed E-state index contributed by atoms with van der Waals surface area (Å²) in [6.07, 6.45) is 1.10. The van der Waals surface area contributed by atoms with Crippen LogP contribution >= 0.6 is 0 Å². The molecule has 0 saturated carbocycles. The van der Waals surface area contributed by atoms with Crippen molar-refractivity contribution in [3.8, 4) is 11.8 Å². The Bertz CT molecular complexity index is 755. The maximum absolute atomic E-state index is 13.3. The van der Waals surface area contributed by atoms with E-state index in [1.165, 1.54) is 0 Å². The van der Waals surface area contributed by atoms with Gasteiger partial charge in [-0.25, -0.2) is 18.0 Å². The average molecular weight is 295 g/mol. The van der Waals surface area contributed by atoms with Gasteiger partial charge in [-0.2, -0.15) is 5.26 Å². The summed E-state index contributed by atoms with van der Waals surface area (Å²) in [6.45, 7) is 0. The molecule has 0 fully saturated rings. The number of nitrogens with two attached hydrogens (primary N) is 1. The largest absolute Gasteiger partial charge is 0.464 e. The Hall–Kier alpha value is -2.95. The first-order valence-electron chi connectivity index (χ1n) is 5.54. The highest BCUT2D eigenvalue weighted by atomic mass is 19.2. The zero-order chi connectivity index (χ0) is 15.7. The van der Waals surface area contributed by atoms with E-state index in [2.05, 4.69) is 4.74 Å². The smallest absolute Gasteiger partial charge is 0.357 e. The minimum Gasteiger partial charge on any atom is -0.464 e. The van der Waals surface area contributed by atoms with Crippen LogP contribution in [0.1, 0.15) is 16.1 Å². The third-order valence-corrected chi connectivity index (χ3v) is 2.79. The molecule has 21 heavy (non-hydrogen) atoms. The van der Waals surface area contributed by atoms with Gasteiger partial charge in [0.15, 0.2) is 23.1 Å². The van der Waals surface area contributed by atoms with Gasteiger partial charge in [0.25, 0.3) is 0 Å². The maximum Gasteiger partial charge on any atom is 0.357 e. The van der Waals surface area contributed by atoms with Crippen molar-refractivity contribution >= 4 is 11.7 Å². The van der Waals surface area contributed by atoms with Crippen molar-refractivity contribution in [3.05, 3.63) is 47.0 Å². The van der Waals surface area contributed by atoms with Gasteiger partial charge >= 0.3 is 5.97 Å². The molecule has 0 radical (unpaired) electrons. The number of aromatic nitrogens is 1. The normalized spacial score (nSPS) is 10.2. The quantitative estimate of drug-likeness (QED) is 0.680. The number of methoxy groups -OCH3 is 1. The van der Waals surface area contributed by atoms with Gasteiger partial charge in [-0.1, -0.05) is 0 Å². The fourth-order valence-electron chi connectivity index (χ4n) is 1.80. The zero-order valence-electron chi connectivity index (χ0n) is 10.7. The highest BCUT2D eigenvalue weighted by molar-refractivity contribution is 5.95. The van der Waals surface area contributed by atoms with Crippen LogP contribution in [0.2, 0.25) is 0 Å². The second kappa shape index (κ2) is 5.20. The summed E-state index contributed by atoms with van der Waals surface area (Å²) in [5.41, 5.74) is 4.86. The first-order valence-corrected chi connectivity index (χ1v) is 5.54. The molecule has 0 aliphatic heterocycles. The Morgan fingerprint density at radius 2 is 1.90 bits per heavy atom. The van der Waals surface area contributed by atoms with Gasteiger partial charge in [0.1, 0.15) is 6.07 Å². The minimum absolute atomic E-state index is 0.0828. The lowest BCUT2D eigenvalue weighted by molar-refractivity contribution is 0.0593. The van der Waals surface area contributed by atoms with Crippen LogP contribution in [0.25, 0.3) is 5.69 Å². The van der Waals surface area contributed by atoms with E-state index >= 15 is 0 Å². The number of halogens is 3. The van der Waals surface area contributed by atoms with Crippen LogP contribution in [-0.2, 0) is 4.74 Å². The van der Waals surface area contributed by atoms with Crippen molar-refractivity contribution in [2.45, 2.75) is 0 Å². The number of nitriles is 1. The number of esters is 1. The Morgan fingerprint density at radius 1 is 1.33 bits per heavy atom. The van der Waals surface area contributed by atoms with Crippen LogP contribution in [0.5, 0.6) is 0 Å². The summed E-state index contributed by atoms with van der Waals surface area (Å²) in [6, 6.07) is 3.07. The molecule has 0 atom stereocenters. The topological polar surface area (TPSA) is 81.0 Å². The van der Waals surface area contributed by atoms with Crippen LogP contribution in [0.3, 0.4) is 0 Å². The molecule has 2 rings (SSSR count). The molecule has 8 heteroatoms. The lowest BCUT2D eigenvalue weighted by Crippen LogP contribution is -2.11. The number of anilines is 1. The number of benzene rings is 1. The van der Waals surface area contributed by atoms with Gasteiger partial charge in [-0.15, -0.1) is 0 Å². The lowest BCUT2D eigenvalue weighted by atomic mass is 10.2. The third kappa shape index (κ3) is 2.29. The molecule has 0 spiro atoms. The number of nitrogens with zero attached hydrogens (tertiary/aromatic N) is 2. The zero-order valence-corrected chi connectivity index (χ0v) is 10.7. The number of carbonyl (C=O) groups is 1. The Labute approximate surface area is 117 Å². The van der Waals surface area contributed by atoms with Gasteiger partial charge in [-0.05, 0) is 0 Å². The Balaban J connectivity index is 2.75. The summed E-state index contributed by atoms with van der Waals surface area (Å²) in [5, 5.41) is 8.91. The van der Waals surface area contributed by atoms with Crippen molar-refractivity contribution in [1.82, 2.24) is 4.57 Å². The van der Waals surface area contributed by atoms with Crippen molar-refractivity contribution in [2.75, 3.05) is 12.8 Å². The summed E-state index contributed by atoms with van der Waals surface area (Å²) in [7, 11) is 1.08. The predicted octanol–water partition coefficient (Wildman–Crippen LogP) is 2.14. The Kier molecular flexibility index (Phi) is 3.58. The van der Waals surface area contributed by atoms with E-state index in [9.17, 15) is 18.0 Å². The monoisotopic (exact) mass is 295 g/mol. The lowest BCUT2D eigenvalue weighted by Gasteiger charge is -2.09. The SMILES string of the molecule is COC(=O)c1c(N)c(C#N)cn1-c1cc(F)c(F)c(F)c1. The average Bonchev–Trinajstić information content (AvgIpc) is 2.80. The number of rotatable bonds is 2. The van der Waals surface area contributed by atoms with Crippen molar-refractivity contribution < 1.29 is 22.7 Å². The standard InChI is InChI=1S/C13H8F3N3O2/c1-21-13(20)12-11(18)6(4-17)5-19(12)7-2-8(14)10(16)9(15)3-7/h2-3,5H,18H2,1H3. The molecule has 108 valence electrons. The van der Waals surface area contributed by atoms with E-state index in [1.54, 1.807) is 6.07 Å². The van der Waals surface area contributed by atoms with Crippen LogP contribution in [0.4, 0.5) is 18.9 Å². The highest BCUT2D eigenvalue weighted by Crippen LogP contribution is 2.26. The maximum atomic E-state index is 13.3. The molecule has 1 heterocycles. The molecule has 0 unspecified atom stereocenters. The predicted molar refractivity (Wildman–Crippen MR) is 66.1 cm³/mol. The fraction of sp³-hybridized carbons (Fsp3) is 0.0769. The van der Waals surface area contributed by atoms with Gasteiger partial charge in [0.2, 0.25) is 0 Å². The van der Waals surface area contributed by atoms with E-state index in [0.717, 1.165) is 17.9 Å². The van der Waals surface area contributed by atoms with Crippen molar-refractivity contribution in [3.63, 3.8) is 0 Å². The number of carbonyl (C=O) groups excluding carboxylic acids is 1. The van der Waals surface area contributed by atoms with E-state index in [0.29, 0.717) is 12.1 Å². The molecule has 2 N–H and O–H groups in total. The molecule has 0 saturated heterocycles. The molecule has 0 aliphatic rings. The van der Waals surface area contributed by atoms with Crippen molar-refractivity contribution in [2.24, 2.45) is 0 Å². The molecule has 1 aromatic heterocycles. The number of hydrogen-bond donors (Lipinski definition) is 1. The molecule has 5 nitrogen and oxygen atoms in total. The first kappa shape index (κ1) is 14.5. The molecule has 0 bridgehead atoms. The first-order chi connectivity index (χ1) is 9.90. The van der Waals surface area contributed by atoms with Crippen LogP contribution < -0.4 is 5.73 Å². The molecule has 1 aromatic carbocycles. The molecule has 2 aromatic rings. The molecular weight excluding hydrogens is 287 g/mol. The molecule has 0 aliphatic carbocycles. The van der Waals surface area contributed by atoms with E-state index < -0.39 is 23.4 Å². The van der Waals surface area contributed by atoms with Crippen LogP contribution in [0.15, 0.2) is 18.3 Å². The van der Waals surface area contributed by atoms with Gasteiger partial charge in [-0.3, -0.25) is 0 Å². The van der Waals surface area contributed by atoms with E-state index in [-0.39, 0.29) is 22.6 Å². The van der Waals surface area contributed by atoms with Crippen LogP contribution in [-0.4, -0.2) is 17.6 Å². The van der Waals surface area contributed by atoms with Gasteiger partial charge in [0.05, 0.1) is 24.0 Å². The van der Waals surface area contributed by atoms with Gasteiger partial charge < -0.3 is 15.0 Å². The second-order valence-corrected chi connectivity index (χ2v) is 4.00. The van der Waals surface area contributed by atoms with Crippen LogP contribution in [0, 0.1) is 28.8 Å². The summed E-state index contributed by atoms with van der Waals surface area (Å²) in [5.74, 6) is -5.42. The highest BCUT2D eigenvalue weighted by Gasteiger charge is 2.23. The summed E-state index contributed by atoms with van der Waals surface area (Å²) >= 11 is 0. The number of nitrogen functional groups attached to an aromatic ring is 1. The summed E-state index contributed by atoms with van der Waals surface area (Å²) < 4.78 is 45.0. The molecular formula is C13H8F3N3O2. The number of ether oxygens (including phenoxy) is 1. The van der Waals surface area contributed by atoms with Gasteiger partial charge in [0, 0.05) is 18.3 Å². The van der Waals surface area contributed by atoms with E-state index in [1.807, 2.05) is 0 Å². The Morgan fingerprint density at radius 3 is 2.38 bits per heavy atom. The third-order valence-electron chi connectivity index (χ3n) is 2.79. The molecule has 0 amide bonds. The summed E-state index contributed by atoms with van der Waals surface area (Å²) in [4.78, 5) is 11.7. The number of hydrogen-bond acceptors (Lipinski definition) is 4. The fourth-order valence-corrected chi connectivity index (χ4v) is 1.80. The van der Waals surface area contributed by atoms with E-state index in [4.69, 9.17) is 11.0 Å². The second-order valence-electron chi connectivity index (χ2n) is 4.00. The van der Waals surface area contributed by atoms with Crippen molar-refractivity contribution in [1.29, 1.82) is 5.26 Å². The minimum atomic E-state index is -1.64.